The SMILES string of the molecule is C=C(/C=C(\N=C(/C)c1cccc(-c2cccc3ccccc23)c1)c1ccc(-c2cccnc2)cc1)c1ccc(-c2ccccc2)cc1. The van der Waals surface area contributed by atoms with Crippen molar-refractivity contribution in [2.24, 2.45) is 4.99 Å². The van der Waals surface area contributed by atoms with Crippen molar-refractivity contribution >= 4 is 27.8 Å². The molecule has 0 amide bonds. The maximum Gasteiger partial charge on any atom is 0.0711 e. The molecule has 0 aliphatic carbocycles. The lowest BCUT2D eigenvalue weighted by Crippen LogP contribution is -1.97. The zero-order chi connectivity index (χ0) is 32.0. The third-order valence-electron chi connectivity index (χ3n) is 8.52. The molecular formula is C45H34N2. The Morgan fingerprint density at radius 3 is 1.94 bits per heavy atom. The van der Waals surface area contributed by atoms with Crippen molar-refractivity contribution in [3.8, 4) is 33.4 Å². The fourth-order valence-electron chi connectivity index (χ4n) is 5.94. The van der Waals surface area contributed by atoms with E-state index in [0.29, 0.717) is 0 Å². The number of nitrogens with zero attached hydrogens (tertiary/aromatic N) is 2. The summed E-state index contributed by atoms with van der Waals surface area (Å²) in [5.41, 5.74) is 12.8. The summed E-state index contributed by atoms with van der Waals surface area (Å²) in [5.74, 6) is 0. The van der Waals surface area contributed by atoms with E-state index >= 15 is 0 Å². The first-order chi connectivity index (χ1) is 23.1. The summed E-state index contributed by atoms with van der Waals surface area (Å²) in [6, 6.07) is 55.2. The summed E-state index contributed by atoms with van der Waals surface area (Å²) in [6.07, 6.45) is 5.77. The number of hydrogen-bond acceptors (Lipinski definition) is 2. The van der Waals surface area contributed by atoms with Crippen molar-refractivity contribution in [2.45, 2.75) is 6.92 Å². The Hall–Kier alpha value is -6.12. The minimum Gasteiger partial charge on any atom is -0.264 e. The standard InChI is InChI=1S/C45H34N2/c1-32(34-20-22-36(23-21-34)35-11-4-3-5-12-35)29-45(39-26-24-37(25-27-39)42-17-10-28-46-31-42)47-33(2)40-15-8-16-41(30-40)44-19-9-14-38-13-6-7-18-43(38)44/h3-31H,1H2,2H3/b45-29-,47-33+. The maximum absolute atomic E-state index is 5.25. The van der Waals surface area contributed by atoms with Gasteiger partial charge in [-0.1, -0.05) is 152 Å². The number of pyridine rings is 1. The first-order valence-electron chi connectivity index (χ1n) is 15.8. The summed E-state index contributed by atoms with van der Waals surface area (Å²) in [4.78, 5) is 9.54. The van der Waals surface area contributed by atoms with Crippen molar-refractivity contribution in [2.75, 3.05) is 0 Å². The molecule has 7 rings (SSSR count). The van der Waals surface area contributed by atoms with Gasteiger partial charge >= 0.3 is 0 Å². The van der Waals surface area contributed by atoms with Gasteiger partial charge in [0.2, 0.25) is 0 Å². The van der Waals surface area contributed by atoms with E-state index in [1.54, 1.807) is 6.20 Å². The summed E-state index contributed by atoms with van der Waals surface area (Å²) >= 11 is 0. The minimum atomic E-state index is 0.855. The van der Waals surface area contributed by atoms with Crippen LogP contribution in [0.2, 0.25) is 0 Å². The lowest BCUT2D eigenvalue weighted by Gasteiger charge is -2.11. The monoisotopic (exact) mass is 602 g/mol. The highest BCUT2D eigenvalue weighted by Gasteiger charge is 2.10. The van der Waals surface area contributed by atoms with Crippen LogP contribution in [0.25, 0.3) is 55.4 Å². The Morgan fingerprint density at radius 1 is 0.553 bits per heavy atom. The van der Waals surface area contributed by atoms with Gasteiger partial charge < -0.3 is 0 Å². The van der Waals surface area contributed by atoms with Crippen LogP contribution in [0.5, 0.6) is 0 Å². The summed E-state index contributed by atoms with van der Waals surface area (Å²) < 4.78 is 0. The van der Waals surface area contributed by atoms with Gasteiger partial charge in [0.05, 0.1) is 5.70 Å². The van der Waals surface area contributed by atoms with Gasteiger partial charge in [-0.25, -0.2) is 0 Å². The average molecular weight is 603 g/mol. The Bertz CT molecular complexity index is 2220. The molecule has 1 heterocycles. The molecule has 0 spiro atoms. The molecule has 0 aliphatic heterocycles. The highest BCUT2D eigenvalue weighted by molar-refractivity contribution is 6.04. The third kappa shape index (κ3) is 6.63. The number of allylic oxidation sites excluding steroid dienone is 2. The molecular weight excluding hydrogens is 569 g/mol. The zero-order valence-corrected chi connectivity index (χ0v) is 26.3. The highest BCUT2D eigenvalue weighted by Crippen LogP contribution is 2.31. The number of fused-ring (bicyclic) bond motifs is 1. The van der Waals surface area contributed by atoms with Gasteiger partial charge in [0, 0.05) is 23.7 Å². The van der Waals surface area contributed by atoms with Gasteiger partial charge in [0.15, 0.2) is 0 Å². The minimum absolute atomic E-state index is 0.855. The summed E-state index contributed by atoms with van der Waals surface area (Å²) in [7, 11) is 0. The van der Waals surface area contributed by atoms with Crippen LogP contribution in [0.3, 0.4) is 0 Å². The first-order valence-corrected chi connectivity index (χ1v) is 15.8. The lowest BCUT2D eigenvalue weighted by atomic mass is 9.96. The highest BCUT2D eigenvalue weighted by atomic mass is 14.8. The molecule has 224 valence electrons. The maximum atomic E-state index is 5.25. The number of aromatic nitrogens is 1. The van der Waals surface area contributed by atoms with E-state index in [9.17, 15) is 0 Å². The van der Waals surface area contributed by atoms with Gasteiger partial charge in [-0.2, -0.15) is 0 Å². The Morgan fingerprint density at radius 2 is 1.17 bits per heavy atom. The van der Waals surface area contributed by atoms with Crippen LogP contribution in [0, 0.1) is 0 Å². The van der Waals surface area contributed by atoms with Gasteiger partial charge in [0.1, 0.15) is 0 Å². The van der Waals surface area contributed by atoms with Crippen molar-refractivity contribution in [1.82, 2.24) is 4.98 Å². The zero-order valence-electron chi connectivity index (χ0n) is 26.3. The second-order valence-electron chi connectivity index (χ2n) is 11.6. The quantitative estimate of drug-likeness (QED) is 0.125. The Kier molecular flexibility index (Phi) is 8.48. The molecule has 0 saturated carbocycles. The van der Waals surface area contributed by atoms with Gasteiger partial charge in [-0.05, 0) is 86.0 Å². The molecule has 0 bridgehead atoms. The number of benzene rings is 6. The molecule has 2 nitrogen and oxygen atoms in total. The molecule has 0 fully saturated rings. The van der Waals surface area contributed by atoms with Crippen molar-refractivity contribution in [3.05, 3.63) is 199 Å². The molecule has 1 aromatic heterocycles. The van der Waals surface area contributed by atoms with Crippen LogP contribution in [-0.4, -0.2) is 10.7 Å². The Labute approximate surface area is 276 Å². The number of rotatable bonds is 8. The van der Waals surface area contributed by atoms with Crippen LogP contribution in [0.4, 0.5) is 0 Å². The number of hydrogen-bond donors (Lipinski definition) is 0. The van der Waals surface area contributed by atoms with Crippen LogP contribution in [-0.2, 0) is 0 Å². The van der Waals surface area contributed by atoms with Gasteiger partial charge in [-0.15, -0.1) is 0 Å². The van der Waals surface area contributed by atoms with E-state index < -0.39 is 0 Å². The molecule has 47 heavy (non-hydrogen) atoms. The topological polar surface area (TPSA) is 25.2 Å². The van der Waals surface area contributed by atoms with Crippen LogP contribution >= 0.6 is 0 Å². The molecule has 0 radical (unpaired) electrons. The van der Waals surface area contributed by atoms with Crippen molar-refractivity contribution < 1.29 is 0 Å². The van der Waals surface area contributed by atoms with Crippen molar-refractivity contribution in [3.63, 3.8) is 0 Å². The summed E-state index contributed by atoms with van der Waals surface area (Å²) in [6.45, 7) is 6.55. The fourth-order valence-corrected chi connectivity index (χ4v) is 5.94. The van der Waals surface area contributed by atoms with Crippen LogP contribution < -0.4 is 0 Å². The lowest BCUT2D eigenvalue weighted by molar-refractivity contribution is 1.33. The smallest absolute Gasteiger partial charge is 0.0711 e. The Balaban J connectivity index is 1.26. The van der Waals surface area contributed by atoms with Crippen LogP contribution in [0.1, 0.15) is 23.6 Å². The van der Waals surface area contributed by atoms with E-state index in [4.69, 9.17) is 4.99 Å². The van der Waals surface area contributed by atoms with E-state index in [2.05, 4.69) is 170 Å². The second kappa shape index (κ2) is 13.5. The molecule has 7 aromatic rings. The van der Waals surface area contributed by atoms with E-state index in [0.717, 1.165) is 44.8 Å². The number of aliphatic imine (C=N–C) groups is 1. The molecule has 6 aromatic carbocycles. The fraction of sp³-hybridized carbons (Fsp3) is 0.0222. The van der Waals surface area contributed by atoms with E-state index in [1.807, 2.05) is 18.3 Å². The van der Waals surface area contributed by atoms with Crippen molar-refractivity contribution in [1.29, 1.82) is 0 Å². The largest absolute Gasteiger partial charge is 0.264 e. The first kappa shape index (κ1) is 29.6. The molecule has 0 saturated heterocycles. The van der Waals surface area contributed by atoms with Crippen LogP contribution in [0.15, 0.2) is 188 Å². The predicted molar refractivity (Wildman–Crippen MR) is 200 cm³/mol. The van der Waals surface area contributed by atoms with E-state index in [1.165, 1.54) is 33.0 Å². The average Bonchev–Trinajstić information content (AvgIpc) is 3.15. The predicted octanol–water partition coefficient (Wildman–Crippen LogP) is 11.8. The molecule has 0 N–H and O–H groups in total. The normalized spacial score (nSPS) is 11.9. The molecule has 0 unspecified atom stereocenters. The molecule has 0 atom stereocenters. The van der Waals surface area contributed by atoms with Gasteiger partial charge in [0.25, 0.3) is 0 Å². The van der Waals surface area contributed by atoms with E-state index in [-0.39, 0.29) is 0 Å². The molecule has 0 aliphatic rings. The molecule has 2 heteroatoms. The third-order valence-corrected chi connectivity index (χ3v) is 8.52. The summed E-state index contributed by atoms with van der Waals surface area (Å²) in [5, 5.41) is 2.47. The van der Waals surface area contributed by atoms with Gasteiger partial charge in [-0.3, -0.25) is 9.98 Å². The second-order valence-corrected chi connectivity index (χ2v) is 11.6.